The summed E-state index contributed by atoms with van der Waals surface area (Å²) in [6.45, 7) is 6.65. The van der Waals surface area contributed by atoms with Crippen molar-refractivity contribution in [3.05, 3.63) is 23.8 Å². The number of anilines is 1. The van der Waals surface area contributed by atoms with Crippen molar-refractivity contribution < 1.29 is 9.59 Å². The molecule has 1 aromatic rings. The first kappa shape index (κ1) is 17.8. The molecule has 2 atom stereocenters. The Morgan fingerprint density at radius 3 is 2.78 bits per heavy atom. The van der Waals surface area contributed by atoms with Gasteiger partial charge >= 0.3 is 0 Å². The van der Waals surface area contributed by atoms with Crippen LogP contribution >= 0.6 is 11.8 Å². The smallest absolute Gasteiger partial charge is 0.253 e. The van der Waals surface area contributed by atoms with E-state index < -0.39 is 0 Å². The number of rotatable bonds is 5. The zero-order valence-corrected chi connectivity index (χ0v) is 14.9. The van der Waals surface area contributed by atoms with Gasteiger partial charge in [0.1, 0.15) is 0 Å². The van der Waals surface area contributed by atoms with Crippen LogP contribution in [0.5, 0.6) is 0 Å². The first-order valence-corrected chi connectivity index (χ1v) is 8.80. The molecular formula is C17H25N3O2S. The fourth-order valence-electron chi connectivity index (χ4n) is 2.34. The lowest BCUT2D eigenvalue weighted by Crippen LogP contribution is -2.34. The molecule has 0 fully saturated rings. The second kappa shape index (κ2) is 7.36. The molecule has 2 unspecified atom stereocenters. The Kier molecular flexibility index (Phi) is 5.70. The van der Waals surface area contributed by atoms with Crippen molar-refractivity contribution >= 4 is 29.3 Å². The molecular weight excluding hydrogens is 310 g/mol. The summed E-state index contributed by atoms with van der Waals surface area (Å²) in [5, 5.41) is 2.75. The molecule has 0 saturated heterocycles. The van der Waals surface area contributed by atoms with Gasteiger partial charge in [-0.1, -0.05) is 13.8 Å². The minimum absolute atomic E-state index is 0.0247. The minimum atomic E-state index is -0.107. The molecule has 2 rings (SSSR count). The number of nitrogens with two attached hydrogens (primary N) is 1. The van der Waals surface area contributed by atoms with Crippen molar-refractivity contribution in [2.24, 2.45) is 11.7 Å². The number of carbonyl (C=O) groups excluding carboxylic acids is 2. The van der Waals surface area contributed by atoms with Gasteiger partial charge in [-0.05, 0) is 37.5 Å². The highest BCUT2D eigenvalue weighted by molar-refractivity contribution is 8.00. The molecule has 23 heavy (non-hydrogen) atoms. The number of hydrogen-bond donors (Lipinski definition) is 2. The summed E-state index contributed by atoms with van der Waals surface area (Å²) in [7, 11) is 1.78. The first-order valence-electron chi connectivity index (χ1n) is 7.92. The Balaban J connectivity index is 2.05. The third-order valence-corrected chi connectivity index (χ3v) is 5.34. The molecule has 0 saturated carbocycles. The highest BCUT2D eigenvalue weighted by Crippen LogP contribution is 2.36. The quantitative estimate of drug-likeness (QED) is 0.867. The Hall–Kier alpha value is -1.53. The summed E-state index contributed by atoms with van der Waals surface area (Å²) in [6.07, 6.45) is 0.773. The van der Waals surface area contributed by atoms with Crippen LogP contribution < -0.4 is 11.1 Å². The van der Waals surface area contributed by atoms with Crippen LogP contribution in [0.15, 0.2) is 23.1 Å². The Labute approximate surface area is 142 Å². The maximum absolute atomic E-state index is 12.5. The van der Waals surface area contributed by atoms with Gasteiger partial charge in [0.05, 0.1) is 10.9 Å². The van der Waals surface area contributed by atoms with Gasteiger partial charge in [-0.3, -0.25) is 9.59 Å². The van der Waals surface area contributed by atoms with Crippen LogP contribution in [0.4, 0.5) is 5.69 Å². The summed E-state index contributed by atoms with van der Waals surface area (Å²) < 4.78 is 0. The molecule has 1 aliphatic heterocycles. The highest BCUT2D eigenvalue weighted by atomic mass is 32.2. The number of amides is 2. The highest BCUT2D eigenvalue weighted by Gasteiger charge is 2.24. The molecule has 126 valence electrons. The molecule has 0 aliphatic carbocycles. The van der Waals surface area contributed by atoms with Crippen LogP contribution in [-0.4, -0.2) is 41.6 Å². The number of nitrogens with zero attached hydrogens (tertiary/aromatic N) is 1. The first-order chi connectivity index (χ1) is 10.8. The van der Waals surface area contributed by atoms with Crippen molar-refractivity contribution in [2.45, 2.75) is 43.4 Å². The lowest BCUT2D eigenvalue weighted by molar-refractivity contribution is -0.115. The molecule has 1 aliphatic rings. The zero-order chi connectivity index (χ0) is 17.1. The van der Waals surface area contributed by atoms with E-state index in [4.69, 9.17) is 5.73 Å². The number of carbonyl (C=O) groups is 2. The van der Waals surface area contributed by atoms with Crippen LogP contribution in [0.1, 0.15) is 37.6 Å². The zero-order valence-electron chi connectivity index (χ0n) is 14.1. The molecule has 0 aromatic heterocycles. The maximum atomic E-state index is 12.5. The number of benzene rings is 1. The summed E-state index contributed by atoms with van der Waals surface area (Å²) in [6, 6.07) is 5.56. The number of thioether (sulfide) groups is 1. The molecule has 1 heterocycles. The van der Waals surface area contributed by atoms with E-state index in [9.17, 15) is 9.59 Å². The van der Waals surface area contributed by atoms with E-state index in [2.05, 4.69) is 19.2 Å². The van der Waals surface area contributed by atoms with Crippen molar-refractivity contribution in [3.8, 4) is 0 Å². The molecule has 1 aromatic carbocycles. The third-order valence-electron chi connectivity index (χ3n) is 4.16. The average molecular weight is 335 g/mol. The Morgan fingerprint density at radius 2 is 2.13 bits per heavy atom. The summed E-state index contributed by atoms with van der Waals surface area (Å²) in [5.74, 6) is 0.321. The van der Waals surface area contributed by atoms with Gasteiger partial charge in [-0.15, -0.1) is 11.8 Å². The lowest BCUT2D eigenvalue weighted by atomic mass is 10.0. The topological polar surface area (TPSA) is 75.4 Å². The molecule has 0 bridgehead atoms. The average Bonchev–Trinajstić information content (AvgIpc) is 2.52. The van der Waals surface area contributed by atoms with Crippen LogP contribution in [-0.2, 0) is 4.79 Å². The van der Waals surface area contributed by atoms with Gasteiger partial charge in [0.2, 0.25) is 5.91 Å². The normalized spacial score (nSPS) is 18.3. The third kappa shape index (κ3) is 4.26. The van der Waals surface area contributed by atoms with Crippen LogP contribution in [0, 0.1) is 5.92 Å². The van der Waals surface area contributed by atoms with Crippen molar-refractivity contribution in [3.63, 3.8) is 0 Å². The van der Waals surface area contributed by atoms with Crippen LogP contribution in [0.3, 0.4) is 0 Å². The van der Waals surface area contributed by atoms with Gasteiger partial charge in [0.15, 0.2) is 0 Å². The van der Waals surface area contributed by atoms with E-state index in [0.717, 1.165) is 17.0 Å². The predicted molar refractivity (Wildman–Crippen MR) is 94.8 cm³/mol. The molecule has 0 spiro atoms. The number of hydrogen-bond acceptors (Lipinski definition) is 4. The van der Waals surface area contributed by atoms with Crippen molar-refractivity contribution in [2.75, 3.05) is 18.9 Å². The monoisotopic (exact) mass is 335 g/mol. The minimum Gasteiger partial charge on any atom is -0.342 e. The Bertz CT molecular complexity index is 604. The van der Waals surface area contributed by atoms with Gasteiger partial charge < -0.3 is 16.0 Å². The van der Waals surface area contributed by atoms with Gasteiger partial charge in [0, 0.05) is 30.1 Å². The summed E-state index contributed by atoms with van der Waals surface area (Å²) in [5.41, 5.74) is 7.34. The van der Waals surface area contributed by atoms with Crippen molar-refractivity contribution in [1.29, 1.82) is 0 Å². The predicted octanol–water partition coefficient (Wildman–Crippen LogP) is 2.56. The number of nitrogens with one attached hydrogen (secondary N) is 1. The van der Waals surface area contributed by atoms with Crippen molar-refractivity contribution in [1.82, 2.24) is 4.90 Å². The molecule has 5 nitrogen and oxygen atoms in total. The van der Waals surface area contributed by atoms with E-state index in [-0.39, 0.29) is 23.1 Å². The Morgan fingerprint density at radius 1 is 1.43 bits per heavy atom. The van der Waals surface area contributed by atoms with Gasteiger partial charge in [-0.25, -0.2) is 0 Å². The SMILES string of the molecule is CC1Sc2ccc(C(=O)N(C)CCC(N)C(C)C)cc2NC1=O. The van der Waals surface area contributed by atoms with Crippen LogP contribution in [0.25, 0.3) is 0 Å². The second-order valence-corrected chi connectivity index (χ2v) is 7.77. The molecule has 2 amide bonds. The molecule has 0 radical (unpaired) electrons. The fourth-order valence-corrected chi connectivity index (χ4v) is 3.27. The summed E-state index contributed by atoms with van der Waals surface area (Å²) >= 11 is 1.51. The molecule has 6 heteroatoms. The van der Waals surface area contributed by atoms with Gasteiger partial charge in [-0.2, -0.15) is 0 Å². The van der Waals surface area contributed by atoms with Gasteiger partial charge in [0.25, 0.3) is 5.91 Å². The lowest BCUT2D eigenvalue weighted by Gasteiger charge is -2.24. The molecule has 3 N–H and O–H groups in total. The van der Waals surface area contributed by atoms with E-state index in [1.807, 2.05) is 19.1 Å². The van der Waals surface area contributed by atoms with E-state index in [1.165, 1.54) is 11.8 Å². The fraction of sp³-hybridized carbons (Fsp3) is 0.529. The largest absolute Gasteiger partial charge is 0.342 e. The van der Waals surface area contributed by atoms with E-state index in [0.29, 0.717) is 18.0 Å². The van der Waals surface area contributed by atoms with E-state index in [1.54, 1.807) is 18.0 Å². The van der Waals surface area contributed by atoms with E-state index >= 15 is 0 Å². The summed E-state index contributed by atoms with van der Waals surface area (Å²) in [4.78, 5) is 27.0. The number of fused-ring (bicyclic) bond motifs is 1. The maximum Gasteiger partial charge on any atom is 0.253 e. The van der Waals surface area contributed by atoms with Crippen LogP contribution in [0.2, 0.25) is 0 Å². The standard InChI is InChI=1S/C17H25N3O2S/c1-10(2)13(18)7-8-20(4)17(22)12-5-6-15-14(9-12)19-16(21)11(3)23-15/h5-6,9-11,13H,7-8,18H2,1-4H3,(H,19,21). The second-order valence-electron chi connectivity index (χ2n) is 6.38.